The Balaban J connectivity index is 1.74. The van der Waals surface area contributed by atoms with Crippen molar-refractivity contribution in [2.24, 2.45) is 0 Å². The first kappa shape index (κ1) is 13.9. The molecule has 2 atom stereocenters. The van der Waals surface area contributed by atoms with E-state index in [1.807, 2.05) is 25.1 Å². The fraction of sp³-hybridized carbons (Fsp3) is 0.211. The maximum absolute atomic E-state index is 11.6. The van der Waals surface area contributed by atoms with Crippen molar-refractivity contribution in [3.05, 3.63) is 60.4 Å². The maximum atomic E-state index is 11.6. The molecule has 0 saturated carbocycles. The van der Waals surface area contributed by atoms with E-state index in [1.54, 1.807) is 0 Å². The molecule has 3 aromatic rings. The van der Waals surface area contributed by atoms with E-state index in [0.717, 1.165) is 22.0 Å². The lowest BCUT2D eigenvalue weighted by molar-refractivity contribution is -0.187. The fourth-order valence-electron chi connectivity index (χ4n) is 3.07. The Labute approximate surface area is 133 Å². The zero-order chi connectivity index (χ0) is 16.0. The number of cyclic esters (lactones) is 1. The van der Waals surface area contributed by atoms with Crippen LogP contribution in [-0.2, 0) is 14.3 Å². The van der Waals surface area contributed by atoms with E-state index >= 15 is 0 Å². The van der Waals surface area contributed by atoms with Crippen molar-refractivity contribution >= 4 is 27.8 Å². The van der Waals surface area contributed by atoms with E-state index in [1.165, 1.54) is 5.39 Å². The van der Waals surface area contributed by atoms with E-state index in [4.69, 9.17) is 9.47 Å². The van der Waals surface area contributed by atoms with Crippen molar-refractivity contribution in [2.45, 2.75) is 25.6 Å². The first-order valence-electron chi connectivity index (χ1n) is 7.66. The molecule has 1 aliphatic rings. The topological polar surface area (TPSA) is 51.3 Å². The molecular weight excluding hydrogens is 290 g/mol. The van der Waals surface area contributed by atoms with Gasteiger partial charge in [0, 0.05) is 21.8 Å². The molecule has 1 N–H and O–H groups in total. The maximum Gasteiger partial charge on any atom is 0.316 e. The lowest BCUT2D eigenvalue weighted by atomic mass is 9.98. The van der Waals surface area contributed by atoms with E-state index in [0.29, 0.717) is 5.76 Å². The van der Waals surface area contributed by atoms with Crippen LogP contribution in [0, 0.1) is 0 Å². The number of rotatable bonds is 2. The van der Waals surface area contributed by atoms with Gasteiger partial charge in [0.15, 0.2) is 0 Å². The number of esters is 1. The molecule has 1 fully saturated rings. The summed E-state index contributed by atoms with van der Waals surface area (Å²) in [5.41, 5.74) is 3.27. The Morgan fingerprint density at radius 1 is 1.13 bits per heavy atom. The molecule has 0 spiro atoms. The highest BCUT2D eigenvalue weighted by atomic mass is 16.7. The zero-order valence-corrected chi connectivity index (χ0v) is 12.8. The van der Waals surface area contributed by atoms with Crippen molar-refractivity contribution < 1.29 is 14.3 Å². The summed E-state index contributed by atoms with van der Waals surface area (Å²) in [5.74, 6) is 0.103. The van der Waals surface area contributed by atoms with Crippen molar-refractivity contribution in [1.29, 1.82) is 0 Å². The molecule has 1 aromatic heterocycles. The first-order valence-corrected chi connectivity index (χ1v) is 7.66. The first-order chi connectivity index (χ1) is 11.1. The highest BCUT2D eigenvalue weighted by molar-refractivity contribution is 6.07. The van der Waals surface area contributed by atoms with Gasteiger partial charge in [-0.25, -0.2) is 0 Å². The monoisotopic (exact) mass is 307 g/mol. The normalized spacial score (nSPS) is 19.6. The second-order valence-corrected chi connectivity index (χ2v) is 5.96. The van der Waals surface area contributed by atoms with Gasteiger partial charge in [0.2, 0.25) is 6.29 Å². The lowest BCUT2D eigenvalue weighted by Crippen LogP contribution is -2.31. The minimum Gasteiger partial charge on any atom is -0.458 e. The van der Waals surface area contributed by atoms with Crippen molar-refractivity contribution in [3.63, 3.8) is 0 Å². The molecule has 0 bridgehead atoms. The summed E-state index contributed by atoms with van der Waals surface area (Å²) in [6.45, 7) is 5.74. The van der Waals surface area contributed by atoms with Crippen molar-refractivity contribution in [1.82, 2.24) is 4.98 Å². The third kappa shape index (κ3) is 2.36. The Kier molecular flexibility index (Phi) is 3.11. The highest BCUT2D eigenvalue weighted by Crippen LogP contribution is 2.32. The Morgan fingerprint density at radius 3 is 2.74 bits per heavy atom. The molecule has 2 heterocycles. The average molecular weight is 307 g/mol. The number of para-hydroxylation sites is 1. The molecular formula is C19H17NO3. The van der Waals surface area contributed by atoms with E-state index in [9.17, 15) is 4.79 Å². The quantitative estimate of drug-likeness (QED) is 0.721. The van der Waals surface area contributed by atoms with Crippen molar-refractivity contribution in [2.75, 3.05) is 0 Å². The third-order valence-electron chi connectivity index (χ3n) is 4.34. The summed E-state index contributed by atoms with van der Waals surface area (Å²) in [7, 11) is 0. The molecule has 1 aliphatic heterocycles. The number of aromatic amines is 1. The number of carbonyl (C=O) groups excluding carboxylic acids is 1. The van der Waals surface area contributed by atoms with Gasteiger partial charge in [-0.1, -0.05) is 37.8 Å². The van der Waals surface area contributed by atoms with Crippen LogP contribution in [0.5, 0.6) is 0 Å². The molecule has 4 heteroatoms. The number of carbonyl (C=O) groups is 1. The number of hydrogen-bond acceptors (Lipinski definition) is 3. The van der Waals surface area contributed by atoms with Crippen LogP contribution in [0.15, 0.2) is 54.8 Å². The number of benzene rings is 2. The largest absolute Gasteiger partial charge is 0.458 e. The lowest BCUT2D eigenvalue weighted by Gasteiger charge is -2.29. The van der Waals surface area contributed by atoms with Gasteiger partial charge >= 0.3 is 5.97 Å². The Bertz CT molecular complexity index is 909. The van der Waals surface area contributed by atoms with Crippen molar-refractivity contribution in [3.8, 4) is 0 Å². The van der Waals surface area contributed by atoms with Gasteiger partial charge in [-0.2, -0.15) is 0 Å². The summed E-state index contributed by atoms with van der Waals surface area (Å²) in [4.78, 5) is 15.0. The standard InChI is InChI=1S/C19H17NO3/c1-11-9-18(21)23-19(22-11)12(2)13-7-8-17-15(10-13)14-5-3-4-6-16(14)20-17/h3-8,10,12,19-20H,1,9H2,2H3. The van der Waals surface area contributed by atoms with Gasteiger partial charge in [0.25, 0.3) is 0 Å². The van der Waals surface area contributed by atoms with E-state index in [-0.39, 0.29) is 18.3 Å². The second kappa shape index (κ2) is 5.16. The number of H-pyrrole nitrogens is 1. The van der Waals surface area contributed by atoms with Gasteiger partial charge < -0.3 is 14.5 Å². The summed E-state index contributed by atoms with van der Waals surface area (Å²) < 4.78 is 10.9. The molecule has 116 valence electrons. The minimum absolute atomic E-state index is 0.0749. The fourth-order valence-corrected chi connectivity index (χ4v) is 3.07. The summed E-state index contributed by atoms with van der Waals surface area (Å²) in [5, 5.41) is 2.34. The van der Waals surface area contributed by atoms with Crippen LogP contribution in [0.1, 0.15) is 24.8 Å². The van der Waals surface area contributed by atoms with E-state index < -0.39 is 6.29 Å². The second-order valence-electron chi connectivity index (χ2n) is 5.96. The molecule has 2 unspecified atom stereocenters. The predicted octanol–water partition coefficient (Wildman–Crippen LogP) is 4.23. The zero-order valence-electron chi connectivity index (χ0n) is 12.8. The third-order valence-corrected chi connectivity index (χ3v) is 4.34. The van der Waals surface area contributed by atoms with Crippen LogP contribution in [-0.4, -0.2) is 17.2 Å². The molecule has 2 aromatic carbocycles. The average Bonchev–Trinajstić information content (AvgIpc) is 2.91. The molecule has 0 amide bonds. The number of nitrogens with one attached hydrogen (secondary N) is 1. The van der Waals surface area contributed by atoms with Gasteiger partial charge in [-0.15, -0.1) is 0 Å². The van der Waals surface area contributed by atoms with E-state index in [2.05, 4.69) is 35.8 Å². The molecule has 4 nitrogen and oxygen atoms in total. The molecule has 23 heavy (non-hydrogen) atoms. The predicted molar refractivity (Wildman–Crippen MR) is 88.9 cm³/mol. The summed E-state index contributed by atoms with van der Waals surface area (Å²) in [6.07, 6.45) is -0.489. The smallest absolute Gasteiger partial charge is 0.316 e. The van der Waals surface area contributed by atoms with Crippen LogP contribution < -0.4 is 0 Å². The molecule has 1 saturated heterocycles. The summed E-state index contributed by atoms with van der Waals surface area (Å²) >= 11 is 0. The highest BCUT2D eigenvalue weighted by Gasteiger charge is 2.30. The van der Waals surface area contributed by atoms with Crippen LogP contribution in [0.4, 0.5) is 0 Å². The van der Waals surface area contributed by atoms with Crippen LogP contribution in [0.25, 0.3) is 21.8 Å². The minimum atomic E-state index is -0.619. The van der Waals surface area contributed by atoms with Crippen LogP contribution >= 0.6 is 0 Å². The Morgan fingerprint density at radius 2 is 1.91 bits per heavy atom. The Hall–Kier alpha value is -2.75. The van der Waals surface area contributed by atoms with Gasteiger partial charge in [0.1, 0.15) is 12.2 Å². The number of hydrogen-bond donors (Lipinski definition) is 1. The van der Waals surface area contributed by atoms with Crippen LogP contribution in [0.3, 0.4) is 0 Å². The van der Waals surface area contributed by atoms with Crippen LogP contribution in [0.2, 0.25) is 0 Å². The number of aromatic nitrogens is 1. The van der Waals surface area contributed by atoms with Gasteiger partial charge in [-0.3, -0.25) is 4.79 Å². The SMILES string of the molecule is C=C1CC(=O)OC(C(C)c2ccc3[nH]c4ccccc4c3c2)O1. The number of ether oxygens (including phenoxy) is 2. The molecule has 0 radical (unpaired) electrons. The number of fused-ring (bicyclic) bond motifs is 3. The molecule has 4 rings (SSSR count). The van der Waals surface area contributed by atoms with Gasteiger partial charge in [0.05, 0.1) is 5.92 Å². The molecule has 0 aliphatic carbocycles. The summed E-state index contributed by atoms with van der Waals surface area (Å²) in [6, 6.07) is 14.4. The van der Waals surface area contributed by atoms with Gasteiger partial charge in [-0.05, 0) is 23.8 Å².